The van der Waals surface area contributed by atoms with Crippen molar-refractivity contribution >= 4 is 6.02 Å². The van der Waals surface area contributed by atoms with Crippen LogP contribution < -0.4 is 11.1 Å². The van der Waals surface area contributed by atoms with Crippen molar-refractivity contribution in [2.24, 2.45) is 5.73 Å². The maximum atomic E-state index is 12.2. The van der Waals surface area contributed by atoms with Gasteiger partial charge in [-0.05, 0) is 17.7 Å². The Balaban J connectivity index is 2.69. The van der Waals surface area contributed by atoms with Gasteiger partial charge in [-0.15, -0.1) is 0 Å². The third-order valence-corrected chi connectivity index (χ3v) is 1.69. The van der Waals surface area contributed by atoms with Crippen LogP contribution in [0.2, 0.25) is 0 Å². The summed E-state index contributed by atoms with van der Waals surface area (Å²) < 4.78 is 41.2. The van der Waals surface area contributed by atoms with Crippen LogP contribution in [0.3, 0.4) is 0 Å². The van der Waals surface area contributed by atoms with Crippen molar-refractivity contribution in [3.63, 3.8) is 0 Å². The second-order valence-electron chi connectivity index (χ2n) is 2.89. The lowest BCUT2D eigenvalue weighted by molar-refractivity contribution is -0.143. The number of hydrogen-bond donors (Lipinski definition) is 2. The van der Waals surface area contributed by atoms with Gasteiger partial charge in [-0.3, -0.25) is 11.1 Å². The predicted molar refractivity (Wildman–Crippen MR) is 47.4 cm³/mol. The summed E-state index contributed by atoms with van der Waals surface area (Å²) in [5, 5.41) is 5.03. The Kier molecular flexibility index (Phi) is 3.18. The Labute approximate surface area is 84.2 Å². The summed E-state index contributed by atoms with van der Waals surface area (Å²) in [6, 6.07) is 4.36. The summed E-state index contributed by atoms with van der Waals surface area (Å²) >= 11 is 0. The maximum Gasteiger partial charge on any atom is 0.437 e. The summed E-state index contributed by atoms with van der Waals surface area (Å²) in [7, 11) is 0. The van der Waals surface area contributed by atoms with Crippen LogP contribution in [0.15, 0.2) is 24.3 Å². The van der Waals surface area contributed by atoms with Crippen molar-refractivity contribution in [2.45, 2.75) is 12.8 Å². The van der Waals surface area contributed by atoms with Crippen molar-refractivity contribution in [2.75, 3.05) is 0 Å². The van der Waals surface area contributed by atoms with Crippen LogP contribution in [0.4, 0.5) is 13.2 Å². The Bertz CT molecular complexity index is 345. The highest BCUT2D eigenvalue weighted by molar-refractivity contribution is 5.64. The van der Waals surface area contributed by atoms with Gasteiger partial charge in [-0.25, -0.2) is 0 Å². The van der Waals surface area contributed by atoms with Crippen LogP contribution in [-0.2, 0) is 17.5 Å². The fourth-order valence-corrected chi connectivity index (χ4v) is 0.957. The van der Waals surface area contributed by atoms with Gasteiger partial charge in [0.05, 0.1) is 5.56 Å². The molecule has 0 aromatic heterocycles. The second-order valence-corrected chi connectivity index (χ2v) is 2.89. The zero-order chi connectivity index (χ0) is 11.5. The van der Waals surface area contributed by atoms with E-state index in [2.05, 4.69) is 0 Å². The molecule has 0 bridgehead atoms. The number of alkyl halides is 3. The third-order valence-electron chi connectivity index (χ3n) is 1.69. The molecular weight excluding hydrogens is 209 g/mol. The molecule has 6 heteroatoms. The molecule has 0 spiro atoms. The van der Waals surface area contributed by atoms with Gasteiger partial charge in [0.25, 0.3) is 0 Å². The van der Waals surface area contributed by atoms with Crippen LogP contribution in [0.1, 0.15) is 11.1 Å². The molecule has 0 radical (unpaired) electrons. The SMILES string of the molecule is NC(=[NH2+])OCc1ccc(C(F)(F)F)cc1. The molecule has 3 nitrogen and oxygen atoms in total. The zero-order valence-corrected chi connectivity index (χ0v) is 7.71. The number of hydrogen-bond acceptors (Lipinski definition) is 1. The molecule has 0 aliphatic carbocycles. The molecule has 1 rings (SSSR count). The molecule has 1 aromatic rings. The first-order chi connectivity index (χ1) is 6.89. The van der Waals surface area contributed by atoms with Crippen molar-refractivity contribution in [1.82, 2.24) is 0 Å². The van der Waals surface area contributed by atoms with E-state index in [-0.39, 0.29) is 12.6 Å². The average molecular weight is 219 g/mol. The quantitative estimate of drug-likeness (QED) is 0.555. The number of nitrogens with two attached hydrogens (primary N) is 2. The largest absolute Gasteiger partial charge is 0.437 e. The van der Waals surface area contributed by atoms with Crippen molar-refractivity contribution in [3.05, 3.63) is 35.4 Å². The minimum absolute atomic E-state index is 0.0560. The molecule has 0 saturated heterocycles. The number of benzene rings is 1. The van der Waals surface area contributed by atoms with E-state index in [1.54, 1.807) is 0 Å². The zero-order valence-electron chi connectivity index (χ0n) is 7.71. The van der Waals surface area contributed by atoms with Gasteiger partial charge in [-0.2, -0.15) is 13.2 Å². The van der Waals surface area contributed by atoms with E-state index in [1.165, 1.54) is 12.1 Å². The minimum atomic E-state index is -4.32. The van der Waals surface area contributed by atoms with Crippen molar-refractivity contribution < 1.29 is 23.3 Å². The average Bonchev–Trinajstić information content (AvgIpc) is 2.14. The summed E-state index contributed by atoms with van der Waals surface area (Å²) in [6.07, 6.45) is -4.32. The van der Waals surface area contributed by atoms with Gasteiger partial charge in [0.2, 0.25) is 0 Å². The normalized spacial score (nSPS) is 11.1. The second kappa shape index (κ2) is 4.20. The first kappa shape index (κ1) is 11.4. The molecule has 4 N–H and O–H groups in total. The van der Waals surface area contributed by atoms with Crippen LogP contribution in [0.5, 0.6) is 0 Å². The third kappa shape index (κ3) is 3.49. The first-order valence-corrected chi connectivity index (χ1v) is 4.06. The van der Waals surface area contributed by atoms with Gasteiger partial charge < -0.3 is 4.74 Å². The molecule has 1 aromatic carbocycles. The van der Waals surface area contributed by atoms with Crippen LogP contribution in [0, 0.1) is 0 Å². The van der Waals surface area contributed by atoms with E-state index in [0.29, 0.717) is 5.56 Å². The van der Waals surface area contributed by atoms with E-state index in [1.807, 2.05) is 0 Å². The number of halogens is 3. The van der Waals surface area contributed by atoms with Crippen molar-refractivity contribution in [3.8, 4) is 0 Å². The molecule has 0 saturated carbocycles. The van der Waals surface area contributed by atoms with Crippen molar-refractivity contribution in [1.29, 1.82) is 0 Å². The number of ether oxygens (including phenoxy) is 1. The van der Waals surface area contributed by atoms with E-state index >= 15 is 0 Å². The minimum Gasteiger partial charge on any atom is -0.427 e. The smallest absolute Gasteiger partial charge is 0.427 e. The first-order valence-electron chi connectivity index (χ1n) is 4.06. The number of rotatable bonds is 2. The van der Waals surface area contributed by atoms with Gasteiger partial charge in [-0.1, -0.05) is 12.1 Å². The molecule has 0 unspecified atom stereocenters. The molecule has 0 aliphatic rings. The van der Waals surface area contributed by atoms with Gasteiger partial charge >= 0.3 is 12.2 Å². The van der Waals surface area contributed by atoms with Gasteiger partial charge in [0.15, 0.2) is 0 Å². The molecule has 0 atom stereocenters. The Morgan fingerprint density at radius 2 is 1.80 bits per heavy atom. The molecule has 0 fully saturated rings. The fourth-order valence-electron chi connectivity index (χ4n) is 0.957. The Morgan fingerprint density at radius 1 is 1.27 bits per heavy atom. The number of amidine groups is 1. The molecule has 15 heavy (non-hydrogen) atoms. The van der Waals surface area contributed by atoms with E-state index in [0.717, 1.165) is 12.1 Å². The van der Waals surface area contributed by atoms with Gasteiger partial charge in [0.1, 0.15) is 6.61 Å². The van der Waals surface area contributed by atoms with E-state index < -0.39 is 11.7 Å². The van der Waals surface area contributed by atoms with Gasteiger partial charge in [0, 0.05) is 0 Å². The highest BCUT2D eigenvalue weighted by Gasteiger charge is 2.29. The lowest BCUT2D eigenvalue weighted by Crippen LogP contribution is -2.47. The van der Waals surface area contributed by atoms with Crippen LogP contribution >= 0.6 is 0 Å². The maximum absolute atomic E-state index is 12.2. The van der Waals surface area contributed by atoms with Crippen LogP contribution in [0.25, 0.3) is 0 Å². The highest BCUT2D eigenvalue weighted by atomic mass is 19.4. The van der Waals surface area contributed by atoms with E-state index in [4.69, 9.17) is 15.9 Å². The lowest BCUT2D eigenvalue weighted by atomic mass is 10.1. The topological polar surface area (TPSA) is 60.8 Å². The molecular formula is C9H10F3N2O+. The molecule has 0 aliphatic heterocycles. The molecule has 0 heterocycles. The standard InChI is InChI=1S/C9H9F3N2O/c10-9(11,12)7-3-1-6(2-4-7)5-15-8(13)14/h1-4H,5H2,(H3,13,14)/p+1. The monoisotopic (exact) mass is 219 g/mol. The summed E-state index contributed by atoms with van der Waals surface area (Å²) in [4.78, 5) is 0. The lowest BCUT2D eigenvalue weighted by Gasteiger charge is -2.07. The highest BCUT2D eigenvalue weighted by Crippen LogP contribution is 2.29. The summed E-state index contributed by atoms with van der Waals surface area (Å²) in [6.45, 7) is 0.0560. The molecule has 82 valence electrons. The molecule has 0 amide bonds. The summed E-state index contributed by atoms with van der Waals surface area (Å²) in [5.74, 6) is 0. The fraction of sp³-hybridized carbons (Fsp3) is 0.222. The predicted octanol–water partition coefficient (Wildman–Crippen LogP) is 0.296. The Morgan fingerprint density at radius 3 is 2.20 bits per heavy atom. The Hall–Kier alpha value is -1.72. The van der Waals surface area contributed by atoms with Crippen LogP contribution in [-0.4, -0.2) is 6.02 Å². The van der Waals surface area contributed by atoms with E-state index in [9.17, 15) is 13.2 Å². The summed E-state index contributed by atoms with van der Waals surface area (Å²) in [5.41, 5.74) is 4.90.